The van der Waals surface area contributed by atoms with Gasteiger partial charge in [0.25, 0.3) is 0 Å². The second-order valence-corrected chi connectivity index (χ2v) is 4.07. The van der Waals surface area contributed by atoms with Gasteiger partial charge in [-0.1, -0.05) is 12.2 Å². The largest absolute Gasteiger partial charge is 0.370 e. The van der Waals surface area contributed by atoms with E-state index in [4.69, 9.17) is 5.73 Å². The summed E-state index contributed by atoms with van der Waals surface area (Å²) < 4.78 is 12.7. The highest BCUT2D eigenvalue weighted by atomic mass is 19.1. The molecule has 1 aromatic rings. The van der Waals surface area contributed by atoms with Crippen molar-refractivity contribution in [2.24, 2.45) is 10.7 Å². The Hall–Kier alpha value is -2.37. The van der Waals surface area contributed by atoms with Gasteiger partial charge in [0.2, 0.25) is 5.91 Å². The van der Waals surface area contributed by atoms with E-state index in [9.17, 15) is 9.18 Å². The van der Waals surface area contributed by atoms with Crippen molar-refractivity contribution in [3.63, 3.8) is 0 Å². The predicted octanol–water partition coefficient (Wildman–Crippen LogP) is 1.24. The molecule has 0 spiro atoms. The zero-order valence-electron chi connectivity index (χ0n) is 10.7. The fraction of sp³-hybridized carbons (Fsp3) is 0.231. The maximum atomic E-state index is 12.7. The molecule has 0 aliphatic rings. The standard InChI is InChI=1S/C13H17FN4O/c1-9(2)7-16-13(15)17-8-12(19)18-11-5-3-10(14)4-6-11/h3-6H,1,7-8H2,2H3,(H,18,19)(H3,15,16,17). The minimum Gasteiger partial charge on any atom is -0.370 e. The lowest BCUT2D eigenvalue weighted by molar-refractivity contribution is -0.114. The number of nitrogens with one attached hydrogen (secondary N) is 2. The number of halogens is 1. The average Bonchev–Trinajstić information content (AvgIpc) is 2.36. The molecule has 102 valence electrons. The SMILES string of the molecule is C=C(C)CNC(N)=NCC(=O)Nc1ccc(F)cc1. The van der Waals surface area contributed by atoms with Gasteiger partial charge in [0.05, 0.1) is 0 Å². The first kappa shape index (κ1) is 14.7. The van der Waals surface area contributed by atoms with E-state index in [0.717, 1.165) is 5.57 Å². The summed E-state index contributed by atoms with van der Waals surface area (Å²) in [4.78, 5) is 15.4. The first-order valence-corrected chi connectivity index (χ1v) is 5.71. The van der Waals surface area contributed by atoms with Crippen LogP contribution in [0, 0.1) is 5.82 Å². The fourth-order valence-electron chi connectivity index (χ4n) is 1.19. The number of aliphatic imine (C=N–C) groups is 1. The molecule has 0 unspecified atom stereocenters. The summed E-state index contributed by atoms with van der Waals surface area (Å²) in [7, 11) is 0. The maximum absolute atomic E-state index is 12.7. The molecule has 0 aliphatic heterocycles. The number of anilines is 1. The highest BCUT2D eigenvalue weighted by Gasteiger charge is 2.01. The van der Waals surface area contributed by atoms with Crippen LogP contribution in [0.15, 0.2) is 41.4 Å². The Morgan fingerprint density at radius 3 is 2.63 bits per heavy atom. The van der Waals surface area contributed by atoms with Gasteiger partial charge in [-0.15, -0.1) is 0 Å². The van der Waals surface area contributed by atoms with Crippen LogP contribution in [-0.4, -0.2) is 25.0 Å². The predicted molar refractivity (Wildman–Crippen MR) is 74.3 cm³/mol. The van der Waals surface area contributed by atoms with Crippen LogP contribution in [0.3, 0.4) is 0 Å². The minimum absolute atomic E-state index is 0.105. The molecule has 19 heavy (non-hydrogen) atoms. The number of hydrogen-bond acceptors (Lipinski definition) is 2. The lowest BCUT2D eigenvalue weighted by Crippen LogP contribution is -2.33. The highest BCUT2D eigenvalue weighted by Crippen LogP contribution is 2.07. The van der Waals surface area contributed by atoms with E-state index >= 15 is 0 Å². The molecule has 1 amide bonds. The molecule has 4 N–H and O–H groups in total. The molecule has 0 aromatic heterocycles. The summed E-state index contributed by atoms with van der Waals surface area (Å²) in [5, 5.41) is 5.38. The van der Waals surface area contributed by atoms with Gasteiger partial charge in [-0.3, -0.25) is 4.79 Å². The number of guanidine groups is 1. The lowest BCUT2D eigenvalue weighted by Gasteiger charge is -2.05. The molecular weight excluding hydrogens is 247 g/mol. The van der Waals surface area contributed by atoms with E-state index in [-0.39, 0.29) is 24.2 Å². The molecule has 1 rings (SSSR count). The fourth-order valence-corrected chi connectivity index (χ4v) is 1.19. The van der Waals surface area contributed by atoms with Crippen LogP contribution in [0.25, 0.3) is 0 Å². The van der Waals surface area contributed by atoms with Crippen LogP contribution < -0.4 is 16.4 Å². The van der Waals surface area contributed by atoms with Crippen LogP contribution in [0.1, 0.15) is 6.92 Å². The molecule has 1 aromatic carbocycles. The summed E-state index contributed by atoms with van der Waals surface area (Å²) in [5.41, 5.74) is 6.97. The van der Waals surface area contributed by atoms with E-state index < -0.39 is 0 Å². The first-order chi connectivity index (χ1) is 8.97. The smallest absolute Gasteiger partial charge is 0.246 e. The molecule has 0 atom stereocenters. The highest BCUT2D eigenvalue weighted by molar-refractivity contribution is 5.93. The normalized spacial score (nSPS) is 10.9. The Morgan fingerprint density at radius 2 is 2.05 bits per heavy atom. The second kappa shape index (κ2) is 7.15. The van der Waals surface area contributed by atoms with Crippen molar-refractivity contribution < 1.29 is 9.18 Å². The first-order valence-electron chi connectivity index (χ1n) is 5.71. The van der Waals surface area contributed by atoms with Gasteiger partial charge in [0, 0.05) is 12.2 Å². The summed E-state index contributed by atoms with van der Waals surface area (Å²) in [6, 6.07) is 5.47. The third-order valence-electron chi connectivity index (χ3n) is 2.09. The Morgan fingerprint density at radius 1 is 1.42 bits per heavy atom. The second-order valence-electron chi connectivity index (χ2n) is 4.07. The van der Waals surface area contributed by atoms with Crippen LogP contribution in [-0.2, 0) is 4.79 Å². The summed E-state index contributed by atoms with van der Waals surface area (Å²) >= 11 is 0. The van der Waals surface area contributed by atoms with Crippen molar-refractivity contribution in [3.05, 3.63) is 42.2 Å². The van der Waals surface area contributed by atoms with Crippen molar-refractivity contribution in [2.75, 3.05) is 18.4 Å². The van der Waals surface area contributed by atoms with Crippen molar-refractivity contribution in [2.45, 2.75) is 6.92 Å². The molecule has 0 heterocycles. The summed E-state index contributed by atoms with van der Waals surface area (Å²) in [6.45, 7) is 5.96. The topological polar surface area (TPSA) is 79.5 Å². The minimum atomic E-state index is -0.357. The maximum Gasteiger partial charge on any atom is 0.246 e. The number of hydrogen-bond donors (Lipinski definition) is 3. The van der Waals surface area contributed by atoms with Gasteiger partial charge in [-0.25, -0.2) is 9.38 Å². The molecule has 0 fully saturated rings. The molecule has 0 bridgehead atoms. The molecular formula is C13H17FN4O. The zero-order chi connectivity index (χ0) is 14.3. The molecule has 5 nitrogen and oxygen atoms in total. The van der Waals surface area contributed by atoms with Gasteiger partial charge in [0.15, 0.2) is 5.96 Å². The number of nitrogens with two attached hydrogens (primary N) is 1. The van der Waals surface area contributed by atoms with Gasteiger partial charge >= 0.3 is 0 Å². The monoisotopic (exact) mass is 264 g/mol. The van der Waals surface area contributed by atoms with E-state index in [1.54, 1.807) is 0 Å². The van der Waals surface area contributed by atoms with Crippen molar-refractivity contribution >= 4 is 17.6 Å². The van der Waals surface area contributed by atoms with Crippen LogP contribution in [0.2, 0.25) is 0 Å². The number of rotatable bonds is 5. The number of nitrogens with zero attached hydrogens (tertiary/aromatic N) is 1. The van der Waals surface area contributed by atoms with Crippen molar-refractivity contribution in [3.8, 4) is 0 Å². The van der Waals surface area contributed by atoms with Gasteiger partial charge < -0.3 is 16.4 Å². The van der Waals surface area contributed by atoms with Crippen LogP contribution in [0.4, 0.5) is 10.1 Å². The average molecular weight is 264 g/mol. The van der Waals surface area contributed by atoms with Crippen LogP contribution in [0.5, 0.6) is 0 Å². The Balaban J connectivity index is 2.40. The molecule has 0 radical (unpaired) electrons. The van der Waals surface area contributed by atoms with E-state index in [1.165, 1.54) is 24.3 Å². The van der Waals surface area contributed by atoms with Gasteiger partial charge in [-0.2, -0.15) is 0 Å². The Kier molecular flexibility index (Phi) is 5.53. The van der Waals surface area contributed by atoms with Crippen molar-refractivity contribution in [1.82, 2.24) is 5.32 Å². The molecule has 6 heteroatoms. The van der Waals surface area contributed by atoms with Crippen LogP contribution >= 0.6 is 0 Å². The summed E-state index contributed by atoms with van der Waals surface area (Å²) in [5.74, 6) is -0.506. The Labute approximate surface area is 111 Å². The van der Waals surface area contributed by atoms with E-state index in [2.05, 4.69) is 22.2 Å². The van der Waals surface area contributed by atoms with Crippen molar-refractivity contribution in [1.29, 1.82) is 0 Å². The molecule has 0 aliphatic carbocycles. The number of carbonyl (C=O) groups is 1. The number of carbonyl (C=O) groups excluding carboxylic acids is 1. The van der Waals surface area contributed by atoms with E-state index in [0.29, 0.717) is 12.2 Å². The summed E-state index contributed by atoms with van der Waals surface area (Å²) in [6.07, 6.45) is 0. The quantitative estimate of drug-likeness (QED) is 0.425. The number of benzene rings is 1. The van der Waals surface area contributed by atoms with Gasteiger partial charge in [-0.05, 0) is 31.2 Å². The van der Waals surface area contributed by atoms with E-state index in [1.807, 2.05) is 6.92 Å². The Bertz CT molecular complexity index is 482. The zero-order valence-corrected chi connectivity index (χ0v) is 10.7. The third kappa shape index (κ3) is 6.21. The van der Waals surface area contributed by atoms with Gasteiger partial charge in [0.1, 0.15) is 12.4 Å². The molecule has 0 saturated carbocycles. The third-order valence-corrected chi connectivity index (χ3v) is 2.09. The lowest BCUT2D eigenvalue weighted by atomic mass is 10.3. The number of amides is 1. The molecule has 0 saturated heterocycles.